The molecule has 2 bridgehead atoms. The van der Waals surface area contributed by atoms with Crippen molar-refractivity contribution in [3.8, 4) is 0 Å². The third-order valence-electron chi connectivity index (χ3n) is 3.12. The van der Waals surface area contributed by atoms with E-state index in [9.17, 15) is 0 Å². The van der Waals surface area contributed by atoms with Gasteiger partial charge in [-0.05, 0) is 32.6 Å². The van der Waals surface area contributed by atoms with Gasteiger partial charge >= 0.3 is 0 Å². The highest BCUT2D eigenvalue weighted by atomic mass is 16.5. The van der Waals surface area contributed by atoms with Gasteiger partial charge in [0.25, 0.3) is 0 Å². The van der Waals surface area contributed by atoms with E-state index < -0.39 is 0 Å². The maximum Gasteiger partial charge on any atom is 0.0732 e. The molecule has 0 aromatic heterocycles. The van der Waals surface area contributed by atoms with Crippen molar-refractivity contribution in [1.29, 1.82) is 0 Å². The van der Waals surface area contributed by atoms with Gasteiger partial charge in [0.1, 0.15) is 0 Å². The lowest BCUT2D eigenvalue weighted by atomic mass is 10.0. The molecular formula is C11H19NO. The summed E-state index contributed by atoms with van der Waals surface area (Å²) in [6, 6.07) is 0.606. The first-order valence-corrected chi connectivity index (χ1v) is 5.40. The maximum absolute atomic E-state index is 5.85. The second-order valence-electron chi connectivity index (χ2n) is 4.04. The molecular weight excluding hydrogens is 162 g/mol. The van der Waals surface area contributed by atoms with Crippen molar-refractivity contribution in [2.45, 2.75) is 50.9 Å². The van der Waals surface area contributed by atoms with Crippen molar-refractivity contribution in [2.24, 2.45) is 0 Å². The van der Waals surface area contributed by atoms with E-state index in [0.29, 0.717) is 18.2 Å². The van der Waals surface area contributed by atoms with E-state index in [1.54, 1.807) is 0 Å². The van der Waals surface area contributed by atoms with E-state index in [-0.39, 0.29) is 0 Å². The Hall–Kier alpha value is -0.340. The highest BCUT2D eigenvalue weighted by Crippen LogP contribution is 2.32. The van der Waals surface area contributed by atoms with Gasteiger partial charge in [0.15, 0.2) is 0 Å². The molecule has 1 N–H and O–H groups in total. The predicted molar refractivity (Wildman–Crippen MR) is 53.7 cm³/mol. The normalized spacial score (nSPS) is 38.7. The summed E-state index contributed by atoms with van der Waals surface area (Å²) in [6.07, 6.45) is 10.4. The lowest BCUT2D eigenvalue weighted by Gasteiger charge is -2.29. The van der Waals surface area contributed by atoms with Gasteiger partial charge < -0.3 is 10.1 Å². The van der Waals surface area contributed by atoms with Gasteiger partial charge in [0.05, 0.1) is 12.2 Å². The summed E-state index contributed by atoms with van der Waals surface area (Å²) >= 11 is 0. The average Bonchev–Trinajstić information content (AvgIpc) is 2.53. The summed E-state index contributed by atoms with van der Waals surface area (Å²) in [5.74, 6) is 0. The summed E-state index contributed by atoms with van der Waals surface area (Å²) < 4.78 is 5.85. The SMILES string of the molecule is C/C=C/CNC1CCC2CCC1O2. The molecule has 13 heavy (non-hydrogen) atoms. The van der Waals surface area contributed by atoms with Crippen LogP contribution in [0.5, 0.6) is 0 Å². The third kappa shape index (κ3) is 2.12. The maximum atomic E-state index is 5.85. The molecule has 2 heterocycles. The largest absolute Gasteiger partial charge is 0.373 e. The fourth-order valence-electron chi connectivity index (χ4n) is 2.36. The highest BCUT2D eigenvalue weighted by Gasteiger charge is 2.35. The summed E-state index contributed by atoms with van der Waals surface area (Å²) in [5.41, 5.74) is 0. The van der Waals surface area contributed by atoms with Crippen molar-refractivity contribution in [3.63, 3.8) is 0 Å². The number of fused-ring (bicyclic) bond motifs is 2. The number of nitrogens with one attached hydrogen (secondary N) is 1. The standard InChI is InChI=1S/C11H19NO/c1-2-3-8-12-10-6-4-9-5-7-11(10)13-9/h2-3,9-12H,4-8H2,1H3/b3-2+. The number of hydrogen-bond donors (Lipinski definition) is 1. The first-order valence-electron chi connectivity index (χ1n) is 5.40. The first kappa shape index (κ1) is 9.22. The van der Waals surface area contributed by atoms with E-state index in [1.807, 2.05) is 0 Å². The lowest BCUT2D eigenvalue weighted by Crippen LogP contribution is -2.43. The average molecular weight is 181 g/mol. The van der Waals surface area contributed by atoms with Crippen LogP contribution in [0.15, 0.2) is 12.2 Å². The Morgan fingerprint density at radius 1 is 1.31 bits per heavy atom. The second-order valence-corrected chi connectivity index (χ2v) is 4.04. The molecule has 2 nitrogen and oxygen atoms in total. The molecule has 2 rings (SSSR count). The predicted octanol–water partition coefficient (Wildman–Crippen LogP) is 1.86. The molecule has 0 saturated carbocycles. The van der Waals surface area contributed by atoms with Gasteiger partial charge in [-0.1, -0.05) is 12.2 Å². The van der Waals surface area contributed by atoms with Crippen LogP contribution in [0.2, 0.25) is 0 Å². The van der Waals surface area contributed by atoms with E-state index in [2.05, 4.69) is 24.4 Å². The van der Waals surface area contributed by atoms with E-state index >= 15 is 0 Å². The number of hydrogen-bond acceptors (Lipinski definition) is 2. The van der Waals surface area contributed by atoms with Crippen molar-refractivity contribution in [2.75, 3.05) is 6.54 Å². The van der Waals surface area contributed by atoms with Gasteiger partial charge in [0, 0.05) is 12.6 Å². The summed E-state index contributed by atoms with van der Waals surface area (Å²) in [5, 5.41) is 3.54. The minimum absolute atomic E-state index is 0.504. The van der Waals surface area contributed by atoms with Crippen LogP contribution in [0.4, 0.5) is 0 Å². The van der Waals surface area contributed by atoms with Gasteiger partial charge in [-0.15, -0.1) is 0 Å². The molecule has 2 aliphatic rings. The third-order valence-corrected chi connectivity index (χ3v) is 3.12. The number of allylic oxidation sites excluding steroid dienone is 1. The zero-order valence-corrected chi connectivity index (χ0v) is 8.33. The van der Waals surface area contributed by atoms with Gasteiger partial charge in [-0.3, -0.25) is 0 Å². The number of ether oxygens (including phenoxy) is 1. The molecule has 2 heteroatoms. The zero-order valence-electron chi connectivity index (χ0n) is 8.33. The first-order chi connectivity index (χ1) is 6.40. The van der Waals surface area contributed by atoms with Crippen molar-refractivity contribution >= 4 is 0 Å². The van der Waals surface area contributed by atoms with Crippen LogP contribution >= 0.6 is 0 Å². The monoisotopic (exact) mass is 181 g/mol. The minimum atomic E-state index is 0.504. The lowest BCUT2D eigenvalue weighted by molar-refractivity contribution is -0.0154. The van der Waals surface area contributed by atoms with Crippen LogP contribution in [0, 0.1) is 0 Å². The summed E-state index contributed by atoms with van der Waals surface area (Å²) in [6.45, 7) is 3.05. The Kier molecular flexibility index (Phi) is 3.01. The Balaban J connectivity index is 1.79. The van der Waals surface area contributed by atoms with Gasteiger partial charge in [0.2, 0.25) is 0 Å². The van der Waals surface area contributed by atoms with E-state index in [4.69, 9.17) is 4.74 Å². The molecule has 2 aliphatic heterocycles. The Bertz CT molecular complexity index is 191. The molecule has 0 radical (unpaired) electrons. The Morgan fingerprint density at radius 2 is 2.15 bits per heavy atom. The quantitative estimate of drug-likeness (QED) is 0.671. The molecule has 2 saturated heterocycles. The van der Waals surface area contributed by atoms with Gasteiger partial charge in [-0.25, -0.2) is 0 Å². The van der Waals surface area contributed by atoms with Crippen LogP contribution in [0.1, 0.15) is 32.6 Å². The molecule has 74 valence electrons. The molecule has 0 spiro atoms. The van der Waals surface area contributed by atoms with Crippen LogP contribution < -0.4 is 5.32 Å². The molecule has 0 aromatic rings. The minimum Gasteiger partial charge on any atom is -0.373 e. The van der Waals surface area contributed by atoms with Crippen LogP contribution in [-0.4, -0.2) is 24.8 Å². The Morgan fingerprint density at radius 3 is 3.00 bits per heavy atom. The van der Waals surface area contributed by atoms with Crippen LogP contribution in [-0.2, 0) is 4.74 Å². The van der Waals surface area contributed by atoms with Crippen LogP contribution in [0.25, 0.3) is 0 Å². The molecule has 0 amide bonds. The second kappa shape index (κ2) is 4.25. The molecule has 2 fully saturated rings. The van der Waals surface area contributed by atoms with Crippen molar-refractivity contribution in [1.82, 2.24) is 5.32 Å². The smallest absolute Gasteiger partial charge is 0.0732 e. The Labute approximate surface area is 80.4 Å². The highest BCUT2D eigenvalue weighted by molar-refractivity contribution is 4.92. The van der Waals surface area contributed by atoms with Crippen molar-refractivity contribution < 1.29 is 4.74 Å². The fraction of sp³-hybridized carbons (Fsp3) is 0.818. The van der Waals surface area contributed by atoms with Crippen LogP contribution in [0.3, 0.4) is 0 Å². The molecule has 0 aliphatic carbocycles. The van der Waals surface area contributed by atoms with Gasteiger partial charge in [-0.2, -0.15) is 0 Å². The molecule has 0 aromatic carbocycles. The fourth-order valence-corrected chi connectivity index (χ4v) is 2.36. The molecule has 3 unspecified atom stereocenters. The number of rotatable bonds is 3. The summed E-state index contributed by atoms with van der Waals surface area (Å²) in [7, 11) is 0. The van der Waals surface area contributed by atoms with E-state index in [1.165, 1.54) is 25.7 Å². The topological polar surface area (TPSA) is 21.3 Å². The summed E-state index contributed by atoms with van der Waals surface area (Å²) in [4.78, 5) is 0. The molecule has 3 atom stereocenters. The van der Waals surface area contributed by atoms with Crippen molar-refractivity contribution in [3.05, 3.63) is 12.2 Å². The van der Waals surface area contributed by atoms with E-state index in [0.717, 1.165) is 6.54 Å². The zero-order chi connectivity index (χ0) is 9.10.